The molecule has 0 spiro atoms. The summed E-state index contributed by atoms with van der Waals surface area (Å²) in [7, 11) is 0. The second-order valence-electron chi connectivity index (χ2n) is 8.92. The lowest BCUT2D eigenvalue weighted by Crippen LogP contribution is -2.50. The summed E-state index contributed by atoms with van der Waals surface area (Å²) in [5, 5.41) is 3.24. The number of nitrogens with two attached hydrogens (primary N) is 1. The number of likely N-dealkylation sites (tertiary alicyclic amines) is 1. The van der Waals surface area contributed by atoms with Gasteiger partial charge in [0.2, 0.25) is 5.91 Å². The van der Waals surface area contributed by atoms with Crippen LogP contribution in [0.5, 0.6) is 0 Å². The van der Waals surface area contributed by atoms with Crippen molar-refractivity contribution in [2.24, 2.45) is 11.7 Å². The van der Waals surface area contributed by atoms with Gasteiger partial charge in [0.15, 0.2) is 5.78 Å². The monoisotopic (exact) mass is 507 g/mol. The average Bonchev–Trinajstić information content (AvgIpc) is 3.21. The summed E-state index contributed by atoms with van der Waals surface area (Å²) >= 11 is 6.13. The van der Waals surface area contributed by atoms with Gasteiger partial charge in [0.25, 0.3) is 0 Å². The molecule has 3 aromatic carbocycles. The molecule has 3 amide bonds. The number of hydrogen-bond acceptors (Lipinski definition) is 3. The molecule has 36 heavy (non-hydrogen) atoms. The fraction of sp³-hybridized carbons (Fsp3) is 0.250. The van der Waals surface area contributed by atoms with E-state index in [2.05, 4.69) is 5.32 Å². The third-order valence-electron chi connectivity index (χ3n) is 6.59. The summed E-state index contributed by atoms with van der Waals surface area (Å²) in [5.41, 5.74) is 8.42. The molecule has 1 saturated heterocycles. The van der Waals surface area contributed by atoms with E-state index in [0.29, 0.717) is 28.3 Å². The molecule has 3 aromatic rings. The maximum absolute atomic E-state index is 14.2. The zero-order valence-corrected chi connectivity index (χ0v) is 20.7. The molecule has 8 heteroatoms. The van der Waals surface area contributed by atoms with Crippen molar-refractivity contribution in [2.75, 3.05) is 6.54 Å². The maximum atomic E-state index is 14.2. The van der Waals surface area contributed by atoms with Gasteiger partial charge in [-0.1, -0.05) is 59.6 Å². The van der Waals surface area contributed by atoms with Crippen LogP contribution < -0.4 is 11.1 Å². The number of benzene rings is 3. The molecule has 1 fully saturated rings. The first-order valence-electron chi connectivity index (χ1n) is 11.7. The number of rotatable bonds is 6. The normalized spacial score (nSPS) is 21.3. The lowest BCUT2D eigenvalue weighted by Gasteiger charge is -2.30. The Kier molecular flexibility index (Phi) is 7.40. The van der Waals surface area contributed by atoms with E-state index in [9.17, 15) is 18.8 Å². The van der Waals surface area contributed by atoms with Crippen molar-refractivity contribution >= 4 is 29.3 Å². The zero-order chi connectivity index (χ0) is 26.0. The molecule has 4 rings (SSSR count). The molecule has 6 nitrogen and oxygen atoms in total. The van der Waals surface area contributed by atoms with Gasteiger partial charge in [-0.3, -0.25) is 9.59 Å². The second kappa shape index (κ2) is 10.5. The van der Waals surface area contributed by atoms with Crippen molar-refractivity contribution < 1.29 is 18.8 Å². The van der Waals surface area contributed by atoms with Crippen molar-refractivity contribution in [3.63, 3.8) is 0 Å². The van der Waals surface area contributed by atoms with Gasteiger partial charge in [-0.15, -0.1) is 0 Å². The summed E-state index contributed by atoms with van der Waals surface area (Å²) < 4.78 is 13.8. The molecule has 3 N–H and O–H groups in total. The Hall–Kier alpha value is -3.71. The molecular formula is C28H27ClFN3O3. The Morgan fingerprint density at radius 1 is 1.00 bits per heavy atom. The molecule has 4 atom stereocenters. The first-order valence-corrected chi connectivity index (χ1v) is 12.1. The summed E-state index contributed by atoms with van der Waals surface area (Å²) in [6.07, 6.45) is 0. The lowest BCUT2D eigenvalue weighted by atomic mass is 9.76. The van der Waals surface area contributed by atoms with Crippen LogP contribution in [-0.2, 0) is 4.79 Å². The first-order chi connectivity index (χ1) is 17.2. The van der Waals surface area contributed by atoms with Crippen molar-refractivity contribution in [3.8, 4) is 0 Å². The van der Waals surface area contributed by atoms with Crippen LogP contribution in [0, 0.1) is 18.7 Å². The van der Waals surface area contributed by atoms with Crippen LogP contribution in [0.1, 0.15) is 45.9 Å². The van der Waals surface area contributed by atoms with Crippen LogP contribution in [0.2, 0.25) is 5.02 Å². The number of amides is 3. The number of primary amides is 1. The fourth-order valence-electron chi connectivity index (χ4n) is 5.12. The minimum atomic E-state index is -1.15. The summed E-state index contributed by atoms with van der Waals surface area (Å²) in [5.74, 6) is -3.14. The van der Waals surface area contributed by atoms with E-state index >= 15 is 0 Å². The van der Waals surface area contributed by atoms with Crippen LogP contribution >= 0.6 is 11.6 Å². The number of urea groups is 1. The standard InChI is InChI=1S/C28H27ClFN3O3/c1-3-32-28(36)33-24(18-7-11-20(29)12-8-18)23(26(34)19-6-4-5-16(2)15-19)22(25(33)27(31)35)17-9-13-21(30)14-10-17/h4-15,22-25H,3H2,1-2H3,(H2,31,35)(H,32,36). The van der Waals surface area contributed by atoms with Gasteiger partial charge in [-0.25, -0.2) is 9.18 Å². The van der Waals surface area contributed by atoms with Gasteiger partial charge in [0.1, 0.15) is 11.9 Å². The molecule has 186 valence electrons. The topological polar surface area (TPSA) is 92.5 Å². The van der Waals surface area contributed by atoms with Gasteiger partial charge in [0, 0.05) is 23.0 Å². The molecule has 1 heterocycles. The van der Waals surface area contributed by atoms with Crippen molar-refractivity contribution in [1.82, 2.24) is 10.2 Å². The number of carbonyl (C=O) groups excluding carboxylic acids is 3. The molecule has 0 radical (unpaired) electrons. The number of ketones is 1. The van der Waals surface area contributed by atoms with Crippen molar-refractivity contribution in [2.45, 2.75) is 31.8 Å². The van der Waals surface area contributed by atoms with E-state index in [-0.39, 0.29) is 5.78 Å². The minimum Gasteiger partial charge on any atom is -0.368 e. The van der Waals surface area contributed by atoms with E-state index in [1.54, 1.807) is 49.4 Å². The number of nitrogens with one attached hydrogen (secondary N) is 1. The van der Waals surface area contributed by atoms with Crippen LogP contribution in [-0.4, -0.2) is 35.2 Å². The predicted octanol–water partition coefficient (Wildman–Crippen LogP) is 5.01. The highest BCUT2D eigenvalue weighted by Gasteiger charge is 2.57. The second-order valence-corrected chi connectivity index (χ2v) is 9.36. The lowest BCUT2D eigenvalue weighted by molar-refractivity contribution is -0.122. The van der Waals surface area contributed by atoms with E-state index in [4.69, 9.17) is 17.3 Å². The molecule has 0 bridgehead atoms. The number of aryl methyl sites for hydroxylation is 1. The van der Waals surface area contributed by atoms with Crippen LogP contribution in [0.3, 0.4) is 0 Å². The molecule has 1 aliphatic rings. The van der Waals surface area contributed by atoms with Gasteiger partial charge in [-0.05, 0) is 55.3 Å². The average molecular weight is 508 g/mol. The highest BCUT2D eigenvalue weighted by molar-refractivity contribution is 6.30. The molecule has 0 aromatic heterocycles. The quantitative estimate of drug-likeness (QED) is 0.459. The fourth-order valence-corrected chi connectivity index (χ4v) is 5.25. The van der Waals surface area contributed by atoms with E-state index in [1.807, 2.05) is 13.0 Å². The minimum absolute atomic E-state index is 0.244. The highest BCUT2D eigenvalue weighted by atomic mass is 35.5. The third kappa shape index (κ3) is 4.84. The summed E-state index contributed by atoms with van der Waals surface area (Å²) in [4.78, 5) is 41.9. The van der Waals surface area contributed by atoms with E-state index in [0.717, 1.165) is 5.56 Å². The van der Waals surface area contributed by atoms with Crippen molar-refractivity contribution in [3.05, 3.63) is 106 Å². The predicted molar refractivity (Wildman–Crippen MR) is 136 cm³/mol. The van der Waals surface area contributed by atoms with Gasteiger partial charge in [0.05, 0.1) is 12.0 Å². The van der Waals surface area contributed by atoms with Crippen LogP contribution in [0.25, 0.3) is 0 Å². The number of hydrogen-bond donors (Lipinski definition) is 2. The maximum Gasteiger partial charge on any atom is 0.318 e. The molecule has 0 aliphatic carbocycles. The Balaban J connectivity index is 1.98. The van der Waals surface area contributed by atoms with Crippen LogP contribution in [0.15, 0.2) is 72.8 Å². The Morgan fingerprint density at radius 3 is 2.22 bits per heavy atom. The largest absolute Gasteiger partial charge is 0.368 e. The van der Waals surface area contributed by atoms with Crippen LogP contribution in [0.4, 0.5) is 9.18 Å². The molecule has 1 aliphatic heterocycles. The van der Waals surface area contributed by atoms with Crippen molar-refractivity contribution in [1.29, 1.82) is 0 Å². The number of halogens is 2. The molecule has 0 saturated carbocycles. The molecule has 4 unspecified atom stereocenters. The Labute approximate surface area is 214 Å². The summed E-state index contributed by atoms with van der Waals surface area (Å²) in [6.45, 7) is 3.95. The molecular weight excluding hydrogens is 481 g/mol. The number of Topliss-reactive ketones (excluding diaryl/α,β-unsaturated/α-hetero) is 1. The summed E-state index contributed by atoms with van der Waals surface area (Å²) in [6, 6.07) is 17.1. The number of nitrogens with zero attached hydrogens (tertiary/aromatic N) is 1. The number of carbonyl (C=O) groups is 3. The third-order valence-corrected chi connectivity index (χ3v) is 6.84. The smallest absolute Gasteiger partial charge is 0.318 e. The zero-order valence-electron chi connectivity index (χ0n) is 19.9. The van der Waals surface area contributed by atoms with Gasteiger partial charge in [-0.2, -0.15) is 0 Å². The SMILES string of the molecule is CCNC(=O)N1C(C(N)=O)C(c2ccc(F)cc2)C(C(=O)c2cccc(C)c2)C1c1ccc(Cl)cc1. The van der Waals surface area contributed by atoms with E-state index < -0.39 is 41.7 Å². The Bertz CT molecular complexity index is 1280. The van der Waals surface area contributed by atoms with Gasteiger partial charge >= 0.3 is 6.03 Å². The first kappa shape index (κ1) is 25.4. The Morgan fingerprint density at radius 2 is 1.64 bits per heavy atom. The van der Waals surface area contributed by atoms with E-state index in [1.165, 1.54) is 29.2 Å². The van der Waals surface area contributed by atoms with Gasteiger partial charge < -0.3 is 16.0 Å². The highest BCUT2D eigenvalue weighted by Crippen LogP contribution is 2.51.